The van der Waals surface area contributed by atoms with Gasteiger partial charge in [0.15, 0.2) is 0 Å². The van der Waals surface area contributed by atoms with Gasteiger partial charge < -0.3 is 30.1 Å². The van der Waals surface area contributed by atoms with E-state index in [0.717, 1.165) is 51.1 Å². The molecule has 3 saturated heterocycles. The fourth-order valence-corrected chi connectivity index (χ4v) is 5.11. The molecule has 3 aliphatic heterocycles. The highest BCUT2D eigenvalue weighted by Gasteiger charge is 2.43. The van der Waals surface area contributed by atoms with Crippen LogP contribution in [0.3, 0.4) is 0 Å². The van der Waals surface area contributed by atoms with Gasteiger partial charge in [0.05, 0.1) is 6.04 Å². The molecule has 3 unspecified atom stereocenters. The SMILES string of the molecule is CC(C)(C)OC(=O)N1CCC2(CCN(c3cccc(NC4CCC(O)NC4O)c3)CC2)C1. The molecule has 3 aliphatic rings. The summed E-state index contributed by atoms with van der Waals surface area (Å²) in [5.74, 6) is 0. The van der Waals surface area contributed by atoms with Gasteiger partial charge in [0.2, 0.25) is 0 Å². The second kappa shape index (κ2) is 9.08. The molecule has 1 aromatic carbocycles. The summed E-state index contributed by atoms with van der Waals surface area (Å²) >= 11 is 0. The summed E-state index contributed by atoms with van der Waals surface area (Å²) in [6.45, 7) is 9.22. The summed E-state index contributed by atoms with van der Waals surface area (Å²) in [4.78, 5) is 16.8. The van der Waals surface area contributed by atoms with E-state index in [9.17, 15) is 15.0 Å². The van der Waals surface area contributed by atoms with Crippen molar-refractivity contribution in [3.63, 3.8) is 0 Å². The highest BCUT2D eigenvalue weighted by atomic mass is 16.6. The number of hydrogen-bond donors (Lipinski definition) is 4. The van der Waals surface area contributed by atoms with Crippen LogP contribution in [-0.4, -0.2) is 71.5 Å². The number of nitrogens with one attached hydrogen (secondary N) is 2. The van der Waals surface area contributed by atoms with Crippen LogP contribution in [0.2, 0.25) is 0 Å². The second-order valence-electron chi connectivity index (χ2n) is 10.6. The Morgan fingerprint density at radius 1 is 1.16 bits per heavy atom. The van der Waals surface area contributed by atoms with Gasteiger partial charge in [0.25, 0.3) is 0 Å². The lowest BCUT2D eigenvalue weighted by molar-refractivity contribution is -0.00339. The molecule has 3 atom stereocenters. The minimum atomic E-state index is -0.771. The van der Waals surface area contributed by atoms with Crippen molar-refractivity contribution in [2.75, 3.05) is 36.4 Å². The molecule has 0 saturated carbocycles. The zero-order valence-electron chi connectivity index (χ0n) is 19.5. The molecule has 3 heterocycles. The Kier molecular flexibility index (Phi) is 6.56. The number of nitrogens with zero attached hydrogens (tertiary/aromatic N) is 2. The van der Waals surface area contributed by atoms with Gasteiger partial charge in [-0.1, -0.05) is 6.07 Å². The van der Waals surface area contributed by atoms with E-state index in [1.54, 1.807) is 0 Å². The van der Waals surface area contributed by atoms with E-state index in [1.807, 2.05) is 37.8 Å². The van der Waals surface area contributed by atoms with Crippen molar-refractivity contribution in [2.45, 2.75) is 77.0 Å². The number of benzene rings is 1. The van der Waals surface area contributed by atoms with Gasteiger partial charge in [-0.25, -0.2) is 4.79 Å². The lowest BCUT2D eigenvalue weighted by atomic mass is 9.77. The highest BCUT2D eigenvalue weighted by Crippen LogP contribution is 2.42. The summed E-state index contributed by atoms with van der Waals surface area (Å²) < 4.78 is 5.57. The molecule has 8 nitrogen and oxygen atoms in total. The van der Waals surface area contributed by atoms with E-state index in [-0.39, 0.29) is 17.6 Å². The number of carbonyl (C=O) groups excluding carboxylic acids is 1. The molecule has 178 valence electrons. The maximum absolute atomic E-state index is 12.5. The van der Waals surface area contributed by atoms with Gasteiger partial charge in [-0.05, 0) is 76.5 Å². The maximum atomic E-state index is 12.5. The van der Waals surface area contributed by atoms with Gasteiger partial charge in [-0.3, -0.25) is 5.32 Å². The number of hydrogen-bond acceptors (Lipinski definition) is 7. The van der Waals surface area contributed by atoms with Crippen molar-refractivity contribution in [3.8, 4) is 0 Å². The van der Waals surface area contributed by atoms with Gasteiger partial charge in [0.1, 0.15) is 18.1 Å². The first-order chi connectivity index (χ1) is 15.1. The standard InChI is InChI=1S/C24H38N4O4/c1-23(2,3)32-22(31)28-14-11-24(16-28)9-12-27(13-10-24)18-6-4-5-17(15-18)25-19-7-8-20(29)26-21(19)30/h4-6,15,19-21,25-26,29-30H,7-14,16H2,1-3H3. The maximum Gasteiger partial charge on any atom is 0.410 e. The molecule has 8 heteroatoms. The minimum Gasteiger partial charge on any atom is -0.444 e. The van der Waals surface area contributed by atoms with E-state index in [2.05, 4.69) is 27.7 Å². The van der Waals surface area contributed by atoms with Crippen LogP contribution in [0, 0.1) is 5.41 Å². The summed E-state index contributed by atoms with van der Waals surface area (Å²) in [7, 11) is 0. The summed E-state index contributed by atoms with van der Waals surface area (Å²) in [5.41, 5.74) is 1.88. The van der Waals surface area contributed by atoms with E-state index < -0.39 is 18.1 Å². The molecular formula is C24H38N4O4. The second-order valence-corrected chi connectivity index (χ2v) is 10.6. The lowest BCUT2D eigenvalue weighted by Gasteiger charge is -2.40. The predicted molar refractivity (Wildman–Crippen MR) is 125 cm³/mol. The number of anilines is 2. The van der Waals surface area contributed by atoms with Crippen LogP contribution in [0.1, 0.15) is 52.9 Å². The molecule has 3 fully saturated rings. The van der Waals surface area contributed by atoms with Crippen LogP contribution >= 0.6 is 0 Å². The van der Waals surface area contributed by atoms with E-state index in [1.165, 1.54) is 5.69 Å². The first-order valence-electron chi connectivity index (χ1n) is 11.8. The van der Waals surface area contributed by atoms with Crippen molar-refractivity contribution < 1.29 is 19.7 Å². The van der Waals surface area contributed by atoms with Gasteiger partial charge in [0, 0.05) is 37.6 Å². The van der Waals surface area contributed by atoms with E-state index >= 15 is 0 Å². The third-order valence-corrected chi connectivity index (χ3v) is 6.97. The molecule has 0 radical (unpaired) electrons. The summed E-state index contributed by atoms with van der Waals surface area (Å²) in [6.07, 6.45) is 2.88. The Hall–Kier alpha value is -2.03. The van der Waals surface area contributed by atoms with E-state index in [4.69, 9.17) is 4.74 Å². The molecule has 0 aromatic heterocycles. The fourth-order valence-electron chi connectivity index (χ4n) is 5.11. The number of aliphatic hydroxyl groups is 2. The fraction of sp³-hybridized carbons (Fsp3) is 0.708. The Balaban J connectivity index is 1.32. The van der Waals surface area contributed by atoms with E-state index in [0.29, 0.717) is 12.8 Å². The average molecular weight is 447 g/mol. The Bertz CT molecular complexity index is 803. The van der Waals surface area contributed by atoms with Crippen molar-refractivity contribution >= 4 is 17.5 Å². The van der Waals surface area contributed by atoms with Gasteiger partial charge >= 0.3 is 6.09 Å². The van der Waals surface area contributed by atoms with Crippen LogP contribution in [0.5, 0.6) is 0 Å². The number of rotatable bonds is 3. The average Bonchev–Trinajstić information content (AvgIpc) is 3.14. The normalized spacial score (nSPS) is 28.1. The summed E-state index contributed by atoms with van der Waals surface area (Å²) in [6, 6.07) is 8.19. The minimum absolute atomic E-state index is 0.129. The Labute approximate surface area is 190 Å². The zero-order valence-corrected chi connectivity index (χ0v) is 19.5. The lowest BCUT2D eigenvalue weighted by Crippen LogP contribution is -2.53. The molecule has 4 rings (SSSR count). The van der Waals surface area contributed by atoms with Gasteiger partial charge in [-0.15, -0.1) is 0 Å². The number of ether oxygens (including phenoxy) is 1. The molecule has 1 spiro atoms. The third-order valence-electron chi connectivity index (χ3n) is 6.97. The monoisotopic (exact) mass is 446 g/mol. The molecule has 0 bridgehead atoms. The smallest absolute Gasteiger partial charge is 0.410 e. The number of piperidine rings is 2. The highest BCUT2D eigenvalue weighted by molar-refractivity contribution is 5.68. The molecule has 1 amide bonds. The van der Waals surface area contributed by atoms with Crippen molar-refractivity contribution in [2.24, 2.45) is 5.41 Å². The van der Waals surface area contributed by atoms with Crippen molar-refractivity contribution in [1.82, 2.24) is 10.2 Å². The van der Waals surface area contributed by atoms with Crippen LogP contribution in [-0.2, 0) is 4.74 Å². The van der Waals surface area contributed by atoms with Crippen LogP contribution < -0.4 is 15.5 Å². The van der Waals surface area contributed by atoms with Crippen LogP contribution in [0.15, 0.2) is 24.3 Å². The third kappa shape index (κ3) is 5.47. The first kappa shape index (κ1) is 23.1. The number of amides is 1. The van der Waals surface area contributed by atoms with Crippen molar-refractivity contribution in [1.29, 1.82) is 0 Å². The largest absolute Gasteiger partial charge is 0.444 e. The zero-order chi connectivity index (χ0) is 22.9. The number of aliphatic hydroxyl groups excluding tert-OH is 2. The Morgan fingerprint density at radius 3 is 2.56 bits per heavy atom. The molecule has 32 heavy (non-hydrogen) atoms. The number of carbonyl (C=O) groups is 1. The Morgan fingerprint density at radius 2 is 1.88 bits per heavy atom. The number of likely N-dealkylation sites (tertiary alicyclic amines) is 1. The topological polar surface area (TPSA) is 97.3 Å². The van der Waals surface area contributed by atoms with Crippen molar-refractivity contribution in [3.05, 3.63) is 24.3 Å². The molecule has 0 aliphatic carbocycles. The van der Waals surface area contributed by atoms with Gasteiger partial charge in [-0.2, -0.15) is 0 Å². The quantitative estimate of drug-likeness (QED) is 0.567. The first-order valence-corrected chi connectivity index (χ1v) is 11.8. The molecule has 1 aromatic rings. The van der Waals surface area contributed by atoms with Crippen LogP contribution in [0.25, 0.3) is 0 Å². The predicted octanol–water partition coefficient (Wildman–Crippen LogP) is 2.71. The molecule has 4 N–H and O–H groups in total. The molecular weight excluding hydrogens is 408 g/mol. The van der Waals surface area contributed by atoms with Crippen LogP contribution in [0.4, 0.5) is 16.2 Å². The summed E-state index contributed by atoms with van der Waals surface area (Å²) in [5, 5.41) is 26.0.